The fourth-order valence-corrected chi connectivity index (χ4v) is 3.28. The number of nitrogens with zero attached hydrogens (tertiary/aromatic N) is 2. The SMILES string of the molecule is CC.CCN1CCCC12CCN(C(C)C)C2. The zero-order valence-electron chi connectivity index (χ0n) is 11.9. The van der Waals surface area contributed by atoms with Crippen molar-refractivity contribution in [3.63, 3.8) is 0 Å². The molecule has 2 rings (SSSR count). The van der Waals surface area contributed by atoms with E-state index in [0.717, 1.165) is 6.04 Å². The summed E-state index contributed by atoms with van der Waals surface area (Å²) in [6.45, 7) is 16.2. The van der Waals surface area contributed by atoms with Gasteiger partial charge >= 0.3 is 0 Å². The summed E-state index contributed by atoms with van der Waals surface area (Å²) >= 11 is 0. The molecule has 96 valence electrons. The average molecular weight is 226 g/mol. The lowest BCUT2D eigenvalue weighted by atomic mass is 9.95. The molecule has 1 unspecified atom stereocenters. The summed E-state index contributed by atoms with van der Waals surface area (Å²) in [6.07, 6.45) is 4.25. The molecule has 2 fully saturated rings. The maximum atomic E-state index is 2.72. The van der Waals surface area contributed by atoms with E-state index in [2.05, 4.69) is 30.6 Å². The lowest BCUT2D eigenvalue weighted by molar-refractivity contribution is 0.139. The van der Waals surface area contributed by atoms with E-state index in [9.17, 15) is 0 Å². The molecule has 2 aliphatic heterocycles. The highest BCUT2D eigenvalue weighted by molar-refractivity contribution is 5.02. The summed E-state index contributed by atoms with van der Waals surface area (Å²) in [5, 5.41) is 0. The highest BCUT2D eigenvalue weighted by atomic mass is 15.3. The summed E-state index contributed by atoms with van der Waals surface area (Å²) in [6, 6.07) is 0.730. The smallest absolute Gasteiger partial charge is 0.0349 e. The van der Waals surface area contributed by atoms with Gasteiger partial charge in [0.1, 0.15) is 0 Å². The third kappa shape index (κ3) is 2.60. The van der Waals surface area contributed by atoms with Gasteiger partial charge in [0, 0.05) is 24.7 Å². The van der Waals surface area contributed by atoms with Crippen LogP contribution in [0.15, 0.2) is 0 Å². The van der Waals surface area contributed by atoms with Crippen molar-refractivity contribution in [1.29, 1.82) is 0 Å². The average Bonchev–Trinajstić information content (AvgIpc) is 2.90. The highest BCUT2D eigenvalue weighted by Gasteiger charge is 2.45. The maximum Gasteiger partial charge on any atom is 0.0349 e. The standard InChI is InChI=1S/C12H24N2.C2H6/c1-4-14-8-5-6-12(14)7-9-13(10-12)11(2)3;1-2/h11H,4-10H2,1-3H3;1-2H3. The first-order valence-corrected chi connectivity index (χ1v) is 7.17. The molecule has 0 radical (unpaired) electrons. The fourth-order valence-electron chi connectivity index (χ4n) is 3.28. The third-order valence-corrected chi connectivity index (χ3v) is 4.21. The second kappa shape index (κ2) is 6.02. The van der Waals surface area contributed by atoms with E-state index < -0.39 is 0 Å². The number of hydrogen-bond donors (Lipinski definition) is 0. The minimum Gasteiger partial charge on any atom is -0.299 e. The molecule has 16 heavy (non-hydrogen) atoms. The van der Waals surface area contributed by atoms with E-state index >= 15 is 0 Å². The number of likely N-dealkylation sites (tertiary alicyclic amines) is 2. The van der Waals surface area contributed by atoms with E-state index in [1.165, 1.54) is 45.4 Å². The van der Waals surface area contributed by atoms with Gasteiger partial charge in [0.15, 0.2) is 0 Å². The maximum absolute atomic E-state index is 2.72. The van der Waals surface area contributed by atoms with Gasteiger partial charge in [-0.2, -0.15) is 0 Å². The van der Waals surface area contributed by atoms with Gasteiger partial charge in [0.2, 0.25) is 0 Å². The Balaban J connectivity index is 0.000000606. The molecule has 1 atom stereocenters. The molecule has 2 heteroatoms. The molecule has 0 bridgehead atoms. The van der Waals surface area contributed by atoms with Gasteiger partial charge in [-0.3, -0.25) is 9.80 Å². The van der Waals surface area contributed by atoms with E-state index in [1.54, 1.807) is 0 Å². The predicted molar refractivity (Wildman–Crippen MR) is 71.9 cm³/mol. The van der Waals surface area contributed by atoms with Crippen molar-refractivity contribution in [2.45, 2.75) is 65.5 Å². The van der Waals surface area contributed by atoms with E-state index in [1.807, 2.05) is 13.8 Å². The van der Waals surface area contributed by atoms with Crippen molar-refractivity contribution in [1.82, 2.24) is 9.80 Å². The Labute approximate surface area is 102 Å². The van der Waals surface area contributed by atoms with Crippen LogP contribution < -0.4 is 0 Å². The molecule has 2 nitrogen and oxygen atoms in total. The first-order valence-electron chi connectivity index (χ1n) is 7.17. The first-order chi connectivity index (χ1) is 7.68. The van der Waals surface area contributed by atoms with Crippen LogP contribution in [-0.2, 0) is 0 Å². The Bertz CT molecular complexity index is 203. The highest BCUT2D eigenvalue weighted by Crippen LogP contribution is 2.37. The molecule has 0 amide bonds. The van der Waals surface area contributed by atoms with Crippen molar-refractivity contribution in [3.05, 3.63) is 0 Å². The monoisotopic (exact) mass is 226 g/mol. The van der Waals surface area contributed by atoms with Crippen LogP contribution in [-0.4, -0.2) is 47.6 Å². The normalized spacial score (nSPS) is 31.1. The number of likely N-dealkylation sites (N-methyl/N-ethyl adjacent to an activating group) is 1. The summed E-state index contributed by atoms with van der Waals surface area (Å²) in [7, 11) is 0. The molecule has 0 aromatic carbocycles. The zero-order chi connectivity index (χ0) is 12.2. The lowest BCUT2D eigenvalue weighted by Gasteiger charge is -2.35. The Morgan fingerprint density at radius 3 is 2.31 bits per heavy atom. The van der Waals surface area contributed by atoms with Crippen LogP contribution in [0, 0.1) is 0 Å². The number of hydrogen-bond acceptors (Lipinski definition) is 2. The molecule has 0 saturated carbocycles. The minimum atomic E-state index is 0.568. The van der Waals surface area contributed by atoms with Crippen molar-refractivity contribution in [3.8, 4) is 0 Å². The molecule has 0 aliphatic carbocycles. The van der Waals surface area contributed by atoms with Crippen LogP contribution in [0.1, 0.15) is 53.9 Å². The van der Waals surface area contributed by atoms with Crippen LogP contribution in [0.4, 0.5) is 0 Å². The summed E-state index contributed by atoms with van der Waals surface area (Å²) in [4.78, 5) is 5.36. The molecular formula is C14H30N2. The molecule has 2 aliphatic rings. The van der Waals surface area contributed by atoms with Crippen molar-refractivity contribution >= 4 is 0 Å². The zero-order valence-corrected chi connectivity index (χ0v) is 11.9. The summed E-state index contributed by atoms with van der Waals surface area (Å²) in [5.74, 6) is 0. The van der Waals surface area contributed by atoms with Crippen LogP contribution in [0.25, 0.3) is 0 Å². The molecule has 0 aromatic heterocycles. The minimum absolute atomic E-state index is 0.568. The molecule has 2 saturated heterocycles. The lowest BCUT2D eigenvalue weighted by Crippen LogP contribution is -2.46. The van der Waals surface area contributed by atoms with E-state index in [0.29, 0.717) is 5.54 Å². The fraction of sp³-hybridized carbons (Fsp3) is 1.00. The van der Waals surface area contributed by atoms with E-state index in [-0.39, 0.29) is 0 Å². The molecule has 0 aromatic rings. The molecule has 1 spiro atoms. The van der Waals surface area contributed by atoms with Gasteiger partial charge in [-0.1, -0.05) is 20.8 Å². The van der Waals surface area contributed by atoms with Crippen LogP contribution in [0.3, 0.4) is 0 Å². The predicted octanol–water partition coefficient (Wildman–Crippen LogP) is 2.98. The van der Waals surface area contributed by atoms with E-state index in [4.69, 9.17) is 0 Å². The van der Waals surface area contributed by atoms with Crippen molar-refractivity contribution in [2.24, 2.45) is 0 Å². The largest absolute Gasteiger partial charge is 0.299 e. The first kappa shape index (κ1) is 14.0. The van der Waals surface area contributed by atoms with Gasteiger partial charge in [0.25, 0.3) is 0 Å². The Morgan fingerprint density at radius 2 is 1.81 bits per heavy atom. The van der Waals surface area contributed by atoms with Gasteiger partial charge in [-0.15, -0.1) is 0 Å². The Hall–Kier alpha value is -0.0800. The van der Waals surface area contributed by atoms with Crippen molar-refractivity contribution in [2.75, 3.05) is 26.2 Å². The Morgan fingerprint density at radius 1 is 1.12 bits per heavy atom. The van der Waals surface area contributed by atoms with Crippen LogP contribution in [0.2, 0.25) is 0 Å². The summed E-state index contributed by atoms with van der Waals surface area (Å²) < 4.78 is 0. The van der Waals surface area contributed by atoms with Crippen molar-refractivity contribution < 1.29 is 0 Å². The second-order valence-corrected chi connectivity index (χ2v) is 5.22. The Kier molecular flexibility index (Phi) is 5.26. The molecular weight excluding hydrogens is 196 g/mol. The topological polar surface area (TPSA) is 6.48 Å². The van der Waals surface area contributed by atoms with Crippen LogP contribution >= 0.6 is 0 Å². The van der Waals surface area contributed by atoms with Crippen LogP contribution in [0.5, 0.6) is 0 Å². The van der Waals surface area contributed by atoms with Gasteiger partial charge in [-0.05, 0) is 46.2 Å². The third-order valence-electron chi connectivity index (χ3n) is 4.21. The second-order valence-electron chi connectivity index (χ2n) is 5.22. The number of rotatable bonds is 2. The summed E-state index contributed by atoms with van der Waals surface area (Å²) in [5.41, 5.74) is 0.568. The van der Waals surface area contributed by atoms with Gasteiger partial charge in [-0.25, -0.2) is 0 Å². The quantitative estimate of drug-likeness (QED) is 0.714. The van der Waals surface area contributed by atoms with Gasteiger partial charge in [0.05, 0.1) is 0 Å². The molecule has 0 N–H and O–H groups in total. The van der Waals surface area contributed by atoms with Gasteiger partial charge < -0.3 is 0 Å². The molecule has 2 heterocycles.